The predicted octanol–water partition coefficient (Wildman–Crippen LogP) is 3.49. The summed E-state index contributed by atoms with van der Waals surface area (Å²) in [5, 5.41) is 4.24. The lowest BCUT2D eigenvalue weighted by atomic mass is 10.1. The first-order valence-electron chi connectivity index (χ1n) is 8.70. The van der Waals surface area contributed by atoms with Gasteiger partial charge in [-0.25, -0.2) is 0 Å². The van der Waals surface area contributed by atoms with Crippen LogP contribution in [0.1, 0.15) is 41.3 Å². The third-order valence-electron chi connectivity index (χ3n) is 5.23. The van der Waals surface area contributed by atoms with E-state index in [-0.39, 0.29) is 0 Å². The highest BCUT2D eigenvalue weighted by Gasteiger charge is 2.28. The van der Waals surface area contributed by atoms with E-state index in [1.165, 1.54) is 29.7 Å². The molecule has 4 rings (SSSR count). The molecule has 122 valence electrons. The SMILES string of the molecule is Cc1cccc(N2CCN(Cc3cc(C4CC4)on3)CC2)c1C. The van der Waals surface area contributed by atoms with Crippen LogP contribution < -0.4 is 4.90 Å². The number of rotatable bonds is 4. The first kappa shape index (κ1) is 14.8. The Morgan fingerprint density at radius 1 is 1.13 bits per heavy atom. The van der Waals surface area contributed by atoms with E-state index < -0.39 is 0 Å². The van der Waals surface area contributed by atoms with Crippen LogP contribution in [-0.4, -0.2) is 36.2 Å². The molecule has 1 saturated heterocycles. The molecule has 0 bridgehead atoms. The van der Waals surface area contributed by atoms with Crippen molar-refractivity contribution >= 4 is 5.69 Å². The number of hydrogen-bond donors (Lipinski definition) is 0. The zero-order valence-electron chi connectivity index (χ0n) is 14.1. The third kappa shape index (κ3) is 3.13. The highest BCUT2D eigenvalue weighted by atomic mass is 16.5. The minimum absolute atomic E-state index is 0.650. The molecule has 0 atom stereocenters. The van der Waals surface area contributed by atoms with E-state index in [1.54, 1.807) is 0 Å². The fraction of sp³-hybridized carbons (Fsp3) is 0.526. The lowest BCUT2D eigenvalue weighted by Gasteiger charge is -2.36. The Bertz CT molecular complexity index is 682. The molecular formula is C19H25N3O. The van der Waals surface area contributed by atoms with Crippen molar-refractivity contribution in [3.05, 3.63) is 46.8 Å². The van der Waals surface area contributed by atoms with Crippen LogP contribution in [0.4, 0.5) is 5.69 Å². The molecule has 1 aromatic carbocycles. The Balaban J connectivity index is 1.35. The van der Waals surface area contributed by atoms with Crippen molar-refractivity contribution < 1.29 is 4.52 Å². The topological polar surface area (TPSA) is 32.5 Å². The van der Waals surface area contributed by atoms with Gasteiger partial charge in [-0.3, -0.25) is 4.90 Å². The average molecular weight is 311 g/mol. The van der Waals surface area contributed by atoms with E-state index in [0.717, 1.165) is 44.2 Å². The first-order valence-corrected chi connectivity index (χ1v) is 8.70. The lowest BCUT2D eigenvalue weighted by molar-refractivity contribution is 0.241. The van der Waals surface area contributed by atoms with Gasteiger partial charge in [0.2, 0.25) is 0 Å². The Morgan fingerprint density at radius 3 is 2.65 bits per heavy atom. The van der Waals surface area contributed by atoms with Crippen LogP contribution >= 0.6 is 0 Å². The van der Waals surface area contributed by atoms with Gasteiger partial charge in [-0.15, -0.1) is 0 Å². The fourth-order valence-electron chi connectivity index (χ4n) is 3.42. The van der Waals surface area contributed by atoms with Crippen LogP contribution in [0.25, 0.3) is 0 Å². The van der Waals surface area contributed by atoms with Gasteiger partial charge in [0.05, 0.1) is 5.69 Å². The zero-order valence-corrected chi connectivity index (χ0v) is 14.1. The molecule has 2 fully saturated rings. The van der Waals surface area contributed by atoms with E-state index in [1.807, 2.05) is 0 Å². The quantitative estimate of drug-likeness (QED) is 0.865. The smallest absolute Gasteiger partial charge is 0.140 e. The second-order valence-corrected chi connectivity index (χ2v) is 6.98. The second-order valence-electron chi connectivity index (χ2n) is 6.98. The van der Waals surface area contributed by atoms with E-state index in [4.69, 9.17) is 4.52 Å². The molecule has 0 amide bonds. The normalized spacial score (nSPS) is 19.3. The molecule has 0 spiro atoms. The summed E-state index contributed by atoms with van der Waals surface area (Å²) >= 11 is 0. The largest absolute Gasteiger partial charge is 0.369 e. The molecule has 0 unspecified atom stereocenters. The van der Waals surface area contributed by atoms with Crippen molar-refractivity contribution in [3.8, 4) is 0 Å². The van der Waals surface area contributed by atoms with Crippen molar-refractivity contribution in [2.24, 2.45) is 0 Å². The molecule has 1 aromatic heterocycles. The molecule has 1 aliphatic heterocycles. The summed E-state index contributed by atoms with van der Waals surface area (Å²) in [5.41, 5.74) is 5.26. The third-order valence-corrected chi connectivity index (χ3v) is 5.23. The van der Waals surface area contributed by atoms with Crippen molar-refractivity contribution in [1.82, 2.24) is 10.1 Å². The molecule has 0 radical (unpaired) electrons. The highest BCUT2D eigenvalue weighted by Crippen LogP contribution is 2.40. The number of aryl methyl sites for hydroxylation is 1. The van der Waals surface area contributed by atoms with Gasteiger partial charge in [0, 0.05) is 50.4 Å². The van der Waals surface area contributed by atoms with E-state index in [0.29, 0.717) is 5.92 Å². The fourth-order valence-corrected chi connectivity index (χ4v) is 3.42. The summed E-state index contributed by atoms with van der Waals surface area (Å²) in [6.07, 6.45) is 2.53. The Hall–Kier alpha value is -1.81. The van der Waals surface area contributed by atoms with Crippen LogP contribution in [-0.2, 0) is 6.54 Å². The summed E-state index contributed by atoms with van der Waals surface area (Å²) < 4.78 is 5.46. The number of anilines is 1. The molecule has 2 heterocycles. The van der Waals surface area contributed by atoms with Gasteiger partial charge in [-0.1, -0.05) is 17.3 Å². The zero-order chi connectivity index (χ0) is 15.8. The predicted molar refractivity (Wildman–Crippen MR) is 91.9 cm³/mol. The van der Waals surface area contributed by atoms with Gasteiger partial charge < -0.3 is 9.42 Å². The van der Waals surface area contributed by atoms with Crippen molar-refractivity contribution in [2.75, 3.05) is 31.1 Å². The van der Waals surface area contributed by atoms with Gasteiger partial charge in [0.15, 0.2) is 0 Å². The molecule has 4 heteroatoms. The standard InChI is InChI=1S/C19H25N3O/c1-14-4-3-5-18(15(14)2)22-10-8-21(9-11-22)13-17-12-19(23-20-17)16-6-7-16/h3-5,12,16H,6-11,13H2,1-2H3. The minimum Gasteiger partial charge on any atom is -0.369 e. The number of piperazine rings is 1. The Labute approximate surface area is 138 Å². The van der Waals surface area contributed by atoms with Crippen LogP contribution in [0.5, 0.6) is 0 Å². The van der Waals surface area contributed by atoms with Gasteiger partial charge in [-0.2, -0.15) is 0 Å². The van der Waals surface area contributed by atoms with Gasteiger partial charge in [-0.05, 0) is 43.9 Å². The van der Waals surface area contributed by atoms with E-state index >= 15 is 0 Å². The van der Waals surface area contributed by atoms with Gasteiger partial charge >= 0.3 is 0 Å². The van der Waals surface area contributed by atoms with Crippen molar-refractivity contribution in [2.45, 2.75) is 39.2 Å². The molecule has 0 N–H and O–H groups in total. The molecule has 1 saturated carbocycles. The Kier molecular flexibility index (Phi) is 3.85. The lowest BCUT2D eigenvalue weighted by Crippen LogP contribution is -2.46. The number of aromatic nitrogens is 1. The van der Waals surface area contributed by atoms with E-state index in [2.05, 4.69) is 53.1 Å². The molecule has 2 aromatic rings. The summed E-state index contributed by atoms with van der Waals surface area (Å²) in [7, 11) is 0. The van der Waals surface area contributed by atoms with Crippen LogP contribution in [0.15, 0.2) is 28.8 Å². The summed E-state index contributed by atoms with van der Waals surface area (Å²) in [6, 6.07) is 8.77. The minimum atomic E-state index is 0.650. The molecule has 1 aliphatic carbocycles. The summed E-state index contributed by atoms with van der Waals surface area (Å²) in [4.78, 5) is 4.99. The molecule has 2 aliphatic rings. The number of benzene rings is 1. The van der Waals surface area contributed by atoms with Gasteiger partial charge in [0.25, 0.3) is 0 Å². The monoisotopic (exact) mass is 311 g/mol. The van der Waals surface area contributed by atoms with Gasteiger partial charge in [0.1, 0.15) is 5.76 Å². The van der Waals surface area contributed by atoms with E-state index in [9.17, 15) is 0 Å². The average Bonchev–Trinajstić information content (AvgIpc) is 3.31. The highest BCUT2D eigenvalue weighted by molar-refractivity contribution is 5.56. The summed E-state index contributed by atoms with van der Waals surface area (Å²) in [5.74, 6) is 1.74. The van der Waals surface area contributed by atoms with Crippen molar-refractivity contribution in [1.29, 1.82) is 0 Å². The maximum absolute atomic E-state index is 5.46. The van der Waals surface area contributed by atoms with Crippen molar-refractivity contribution in [3.63, 3.8) is 0 Å². The summed E-state index contributed by atoms with van der Waals surface area (Å²) in [6.45, 7) is 9.66. The Morgan fingerprint density at radius 2 is 1.91 bits per heavy atom. The van der Waals surface area contributed by atoms with Crippen LogP contribution in [0.2, 0.25) is 0 Å². The number of hydrogen-bond acceptors (Lipinski definition) is 4. The molecule has 4 nitrogen and oxygen atoms in total. The van der Waals surface area contributed by atoms with Crippen LogP contribution in [0.3, 0.4) is 0 Å². The molecule has 23 heavy (non-hydrogen) atoms. The first-order chi connectivity index (χ1) is 11.2. The van der Waals surface area contributed by atoms with Crippen LogP contribution in [0, 0.1) is 13.8 Å². The maximum Gasteiger partial charge on any atom is 0.140 e. The second kappa shape index (κ2) is 6.00. The maximum atomic E-state index is 5.46. The number of nitrogens with zero attached hydrogens (tertiary/aromatic N) is 3. The molecular weight excluding hydrogens is 286 g/mol.